The first kappa shape index (κ1) is 12.6. The third-order valence-corrected chi connectivity index (χ3v) is 4.66. The summed E-state index contributed by atoms with van der Waals surface area (Å²) >= 11 is 1.70. The Morgan fingerprint density at radius 3 is 3.11 bits per heavy atom. The average molecular weight is 275 g/mol. The summed E-state index contributed by atoms with van der Waals surface area (Å²) in [5, 5.41) is 1.06. The molecule has 0 spiro atoms. The molecule has 1 atom stereocenters. The molecule has 0 saturated carbocycles. The average Bonchev–Trinajstić information content (AvgIpc) is 3.05. The number of amides is 1. The van der Waals surface area contributed by atoms with Crippen molar-refractivity contribution in [3.63, 3.8) is 0 Å². The number of likely N-dealkylation sites (tertiary alicyclic amines) is 1. The fourth-order valence-corrected chi connectivity index (χ4v) is 3.74. The van der Waals surface area contributed by atoms with E-state index in [1.807, 2.05) is 23.1 Å². The first-order valence-corrected chi connectivity index (χ1v) is 7.46. The molecule has 100 valence electrons. The number of fused-ring (bicyclic) bond motifs is 1. The molecule has 1 aromatic heterocycles. The highest BCUT2D eigenvalue weighted by molar-refractivity contribution is 7.18. The number of nitrogens with zero attached hydrogens (tertiary/aromatic N) is 2. The number of benzene rings is 1. The van der Waals surface area contributed by atoms with Crippen LogP contribution in [0.1, 0.15) is 30.3 Å². The lowest BCUT2D eigenvalue weighted by Crippen LogP contribution is -2.31. The normalized spacial score (nSPS) is 19.2. The van der Waals surface area contributed by atoms with Crippen molar-refractivity contribution < 1.29 is 4.79 Å². The predicted octanol–water partition coefficient (Wildman–Crippen LogP) is 2.31. The van der Waals surface area contributed by atoms with E-state index in [2.05, 4.69) is 11.1 Å². The van der Waals surface area contributed by atoms with Gasteiger partial charge in [0.25, 0.3) is 0 Å². The second-order valence-corrected chi connectivity index (χ2v) is 5.87. The molecule has 2 aromatic rings. The number of hydrogen-bond acceptors (Lipinski definition) is 4. The quantitative estimate of drug-likeness (QED) is 0.935. The van der Waals surface area contributed by atoms with Crippen LogP contribution in [0.15, 0.2) is 24.3 Å². The van der Waals surface area contributed by atoms with Gasteiger partial charge in [0.15, 0.2) is 0 Å². The van der Waals surface area contributed by atoms with Gasteiger partial charge in [-0.1, -0.05) is 12.1 Å². The summed E-state index contributed by atoms with van der Waals surface area (Å²) in [5.41, 5.74) is 6.51. The summed E-state index contributed by atoms with van der Waals surface area (Å²) in [6.07, 6.45) is 2.49. The van der Waals surface area contributed by atoms with E-state index in [1.165, 1.54) is 4.70 Å². The van der Waals surface area contributed by atoms with Crippen LogP contribution in [0.5, 0.6) is 0 Å². The highest BCUT2D eigenvalue weighted by Crippen LogP contribution is 2.36. The molecule has 1 fully saturated rings. The second-order valence-electron chi connectivity index (χ2n) is 4.80. The van der Waals surface area contributed by atoms with Crippen LogP contribution in [0.25, 0.3) is 10.2 Å². The van der Waals surface area contributed by atoms with Gasteiger partial charge in [-0.3, -0.25) is 4.79 Å². The summed E-state index contributed by atoms with van der Waals surface area (Å²) in [5.74, 6) is 0.157. The summed E-state index contributed by atoms with van der Waals surface area (Å²) < 4.78 is 1.19. The Balaban J connectivity index is 1.89. The van der Waals surface area contributed by atoms with Crippen LogP contribution < -0.4 is 5.73 Å². The summed E-state index contributed by atoms with van der Waals surface area (Å²) in [4.78, 5) is 18.7. The predicted molar refractivity (Wildman–Crippen MR) is 77.0 cm³/mol. The highest BCUT2D eigenvalue weighted by Gasteiger charge is 2.31. The maximum atomic E-state index is 12.1. The van der Waals surface area contributed by atoms with Crippen molar-refractivity contribution >= 4 is 27.5 Å². The zero-order valence-corrected chi connectivity index (χ0v) is 11.5. The van der Waals surface area contributed by atoms with Crippen LogP contribution in [0.4, 0.5) is 0 Å². The number of aromatic nitrogens is 1. The van der Waals surface area contributed by atoms with E-state index in [-0.39, 0.29) is 11.9 Å². The number of nitrogens with two attached hydrogens (primary N) is 1. The van der Waals surface area contributed by atoms with Gasteiger partial charge in [0, 0.05) is 19.5 Å². The topological polar surface area (TPSA) is 59.2 Å². The van der Waals surface area contributed by atoms with Crippen LogP contribution in [-0.2, 0) is 4.79 Å². The zero-order valence-electron chi connectivity index (χ0n) is 10.7. The van der Waals surface area contributed by atoms with Gasteiger partial charge in [-0.2, -0.15) is 0 Å². The molecule has 2 N–H and O–H groups in total. The van der Waals surface area contributed by atoms with E-state index in [1.54, 1.807) is 11.3 Å². The minimum absolute atomic E-state index is 0.149. The lowest BCUT2D eigenvalue weighted by Gasteiger charge is -2.22. The fourth-order valence-electron chi connectivity index (χ4n) is 2.62. The van der Waals surface area contributed by atoms with Crippen molar-refractivity contribution in [1.82, 2.24) is 9.88 Å². The molecule has 1 unspecified atom stereocenters. The molecule has 1 aromatic carbocycles. The number of thiazole rings is 1. The molecule has 1 aliphatic heterocycles. The van der Waals surface area contributed by atoms with E-state index in [0.717, 1.165) is 29.9 Å². The second kappa shape index (κ2) is 5.27. The van der Waals surface area contributed by atoms with Gasteiger partial charge in [-0.15, -0.1) is 11.3 Å². The largest absolute Gasteiger partial charge is 0.333 e. The third-order valence-electron chi connectivity index (χ3n) is 3.53. The summed E-state index contributed by atoms with van der Waals surface area (Å²) in [7, 11) is 0. The van der Waals surface area contributed by atoms with Crippen LogP contribution in [-0.4, -0.2) is 28.9 Å². The number of rotatable bonds is 3. The zero-order chi connectivity index (χ0) is 13.2. The molecule has 19 heavy (non-hydrogen) atoms. The van der Waals surface area contributed by atoms with Gasteiger partial charge in [0.2, 0.25) is 5.91 Å². The van der Waals surface area contributed by atoms with Gasteiger partial charge >= 0.3 is 0 Å². The van der Waals surface area contributed by atoms with Crippen LogP contribution in [0.2, 0.25) is 0 Å². The van der Waals surface area contributed by atoms with E-state index >= 15 is 0 Å². The van der Waals surface area contributed by atoms with Gasteiger partial charge in [0.05, 0.1) is 16.3 Å². The van der Waals surface area contributed by atoms with Crippen molar-refractivity contribution in [1.29, 1.82) is 0 Å². The maximum absolute atomic E-state index is 12.1. The van der Waals surface area contributed by atoms with Crippen molar-refractivity contribution in [3.8, 4) is 0 Å². The number of carbonyl (C=O) groups is 1. The molecule has 0 radical (unpaired) electrons. The summed E-state index contributed by atoms with van der Waals surface area (Å²) in [6.45, 7) is 1.25. The Morgan fingerprint density at radius 1 is 1.47 bits per heavy atom. The standard InChI is InChI=1S/C14H17N3OS/c15-8-7-13(18)17-9-3-5-11(17)14-16-10-4-1-2-6-12(10)19-14/h1-2,4,6,11H,3,5,7-9,15H2. The minimum atomic E-state index is 0.149. The molecule has 3 rings (SSSR count). The van der Waals surface area contributed by atoms with E-state index in [0.29, 0.717) is 13.0 Å². The number of carbonyl (C=O) groups excluding carboxylic acids is 1. The van der Waals surface area contributed by atoms with Crippen LogP contribution >= 0.6 is 11.3 Å². The Labute approximate surface area is 116 Å². The SMILES string of the molecule is NCCC(=O)N1CCCC1c1nc2ccccc2s1. The minimum Gasteiger partial charge on any atom is -0.333 e. The van der Waals surface area contributed by atoms with Gasteiger partial charge in [-0.25, -0.2) is 4.98 Å². The lowest BCUT2D eigenvalue weighted by atomic mass is 10.2. The molecule has 4 nitrogen and oxygen atoms in total. The van der Waals surface area contributed by atoms with Crippen molar-refractivity contribution in [2.75, 3.05) is 13.1 Å². The molecule has 1 amide bonds. The molecular weight excluding hydrogens is 258 g/mol. The molecule has 0 aliphatic carbocycles. The molecular formula is C14H17N3OS. The van der Waals surface area contributed by atoms with Crippen molar-refractivity contribution in [2.24, 2.45) is 5.73 Å². The molecule has 2 heterocycles. The van der Waals surface area contributed by atoms with Crippen molar-refractivity contribution in [2.45, 2.75) is 25.3 Å². The lowest BCUT2D eigenvalue weighted by molar-refractivity contribution is -0.131. The molecule has 1 aliphatic rings. The molecule has 5 heteroatoms. The molecule has 1 saturated heterocycles. The van der Waals surface area contributed by atoms with Gasteiger partial charge in [-0.05, 0) is 25.0 Å². The Hall–Kier alpha value is -1.46. The fraction of sp³-hybridized carbons (Fsp3) is 0.429. The Bertz CT molecular complexity index is 562. The van der Waals surface area contributed by atoms with Crippen molar-refractivity contribution in [3.05, 3.63) is 29.3 Å². The Morgan fingerprint density at radius 2 is 2.32 bits per heavy atom. The monoisotopic (exact) mass is 275 g/mol. The van der Waals surface area contributed by atoms with Gasteiger partial charge < -0.3 is 10.6 Å². The third kappa shape index (κ3) is 2.35. The van der Waals surface area contributed by atoms with E-state index in [4.69, 9.17) is 5.73 Å². The van der Waals surface area contributed by atoms with Crippen LogP contribution in [0.3, 0.4) is 0 Å². The highest BCUT2D eigenvalue weighted by atomic mass is 32.1. The van der Waals surface area contributed by atoms with Crippen LogP contribution in [0, 0.1) is 0 Å². The molecule has 0 bridgehead atoms. The first-order chi connectivity index (χ1) is 9.29. The van der Waals surface area contributed by atoms with E-state index in [9.17, 15) is 4.79 Å². The smallest absolute Gasteiger partial charge is 0.224 e. The first-order valence-electron chi connectivity index (χ1n) is 6.64. The number of para-hydroxylation sites is 1. The van der Waals surface area contributed by atoms with Gasteiger partial charge in [0.1, 0.15) is 5.01 Å². The number of hydrogen-bond donors (Lipinski definition) is 1. The maximum Gasteiger partial charge on any atom is 0.224 e. The Kier molecular flexibility index (Phi) is 3.48. The van der Waals surface area contributed by atoms with E-state index < -0.39 is 0 Å². The summed E-state index contributed by atoms with van der Waals surface area (Å²) in [6, 6.07) is 8.28.